The van der Waals surface area contributed by atoms with Crippen LogP contribution in [-0.2, 0) is 9.53 Å². The van der Waals surface area contributed by atoms with Crippen LogP contribution in [0.15, 0.2) is 22.6 Å². The molecule has 0 bridgehead atoms. The predicted molar refractivity (Wildman–Crippen MR) is 114 cm³/mol. The molecule has 1 aromatic carbocycles. The summed E-state index contributed by atoms with van der Waals surface area (Å²) in [5.74, 6) is 0.215. The molecule has 29 heavy (non-hydrogen) atoms. The normalized spacial score (nSPS) is 23.0. The van der Waals surface area contributed by atoms with Crippen LogP contribution in [0, 0.1) is 5.92 Å². The average Bonchev–Trinajstić information content (AvgIpc) is 3.34. The molecule has 1 aromatic heterocycles. The smallest absolute Gasteiger partial charge is 0.298 e. The van der Waals surface area contributed by atoms with Crippen LogP contribution in [0.1, 0.15) is 51.9 Å². The Morgan fingerprint density at radius 3 is 2.93 bits per heavy atom. The Hall–Kier alpha value is -1.79. The third-order valence-electron chi connectivity index (χ3n) is 6.08. The molecule has 4 rings (SSSR count). The highest BCUT2D eigenvalue weighted by atomic mass is 35.5. The number of fused-ring (bicyclic) bond motifs is 1. The van der Waals surface area contributed by atoms with E-state index in [9.17, 15) is 4.79 Å². The molecule has 0 unspecified atom stereocenters. The molecule has 1 amide bonds. The number of benzene rings is 1. The van der Waals surface area contributed by atoms with Gasteiger partial charge in [0.2, 0.25) is 5.91 Å². The highest BCUT2D eigenvalue weighted by Crippen LogP contribution is 2.29. The van der Waals surface area contributed by atoms with Gasteiger partial charge in [-0.1, -0.05) is 24.9 Å². The van der Waals surface area contributed by atoms with Gasteiger partial charge in [-0.3, -0.25) is 4.79 Å². The van der Waals surface area contributed by atoms with Crippen molar-refractivity contribution in [2.45, 2.75) is 64.0 Å². The molecule has 1 aliphatic carbocycles. The fourth-order valence-electron chi connectivity index (χ4n) is 4.33. The largest absolute Gasteiger partial charge is 0.423 e. The van der Waals surface area contributed by atoms with Gasteiger partial charge in [-0.15, -0.1) is 0 Å². The van der Waals surface area contributed by atoms with Crippen molar-refractivity contribution in [2.75, 3.05) is 24.6 Å². The number of aromatic nitrogens is 1. The van der Waals surface area contributed by atoms with Crippen molar-refractivity contribution in [3.8, 4) is 0 Å². The Morgan fingerprint density at radius 1 is 1.31 bits per heavy atom. The van der Waals surface area contributed by atoms with Gasteiger partial charge < -0.3 is 19.4 Å². The number of nitrogens with zero attached hydrogens (tertiary/aromatic N) is 2. The molecule has 2 atom stereocenters. The van der Waals surface area contributed by atoms with Crippen LogP contribution < -0.4 is 10.2 Å². The van der Waals surface area contributed by atoms with Gasteiger partial charge in [-0.25, -0.2) is 0 Å². The number of carbonyl (C=O) groups is 1. The number of amides is 1. The molecule has 6 nitrogen and oxygen atoms in total. The minimum absolute atomic E-state index is 0.0435. The first-order valence-corrected chi connectivity index (χ1v) is 11.2. The number of rotatable bonds is 7. The maximum atomic E-state index is 12.8. The van der Waals surface area contributed by atoms with Crippen LogP contribution in [0.4, 0.5) is 6.01 Å². The number of carbonyl (C=O) groups excluding carboxylic acids is 1. The maximum Gasteiger partial charge on any atom is 0.298 e. The van der Waals surface area contributed by atoms with Gasteiger partial charge in [0.25, 0.3) is 6.01 Å². The van der Waals surface area contributed by atoms with Crippen molar-refractivity contribution in [3.63, 3.8) is 0 Å². The van der Waals surface area contributed by atoms with E-state index in [2.05, 4.69) is 22.1 Å². The lowest BCUT2D eigenvalue weighted by atomic mass is 9.95. The highest BCUT2D eigenvalue weighted by molar-refractivity contribution is 6.31. The van der Waals surface area contributed by atoms with Crippen LogP contribution in [0.3, 0.4) is 0 Å². The number of oxazole rings is 1. The standard InChI is InChI=1S/C22H30ClN3O3/c1-2-3-13-28-19-6-4-5-17(19)24-21(27)15-9-11-26(12-10-15)22-25-18-14-16(23)7-8-20(18)29-22/h7-8,14-15,17,19H,2-6,9-13H2,1H3,(H,24,27)/t17-,19-/m1/s1. The summed E-state index contributed by atoms with van der Waals surface area (Å²) < 4.78 is 11.9. The zero-order valence-electron chi connectivity index (χ0n) is 17.0. The SMILES string of the molecule is CCCCO[C@@H]1CCC[C@H]1NC(=O)C1CCN(c2nc3cc(Cl)ccc3o2)CC1. The molecule has 1 saturated heterocycles. The lowest BCUT2D eigenvalue weighted by Crippen LogP contribution is -2.46. The molecule has 1 saturated carbocycles. The summed E-state index contributed by atoms with van der Waals surface area (Å²) in [7, 11) is 0. The van der Waals surface area contributed by atoms with Gasteiger partial charge in [0.1, 0.15) is 5.52 Å². The number of unbranched alkanes of at least 4 members (excludes halogenated alkanes) is 1. The quantitative estimate of drug-likeness (QED) is 0.666. The molecule has 1 aliphatic heterocycles. The number of hydrogen-bond acceptors (Lipinski definition) is 5. The first-order chi connectivity index (χ1) is 14.1. The summed E-state index contributed by atoms with van der Waals surface area (Å²) in [6.45, 7) is 4.49. The second kappa shape index (κ2) is 9.35. The molecule has 7 heteroatoms. The van der Waals surface area contributed by atoms with E-state index in [1.54, 1.807) is 6.07 Å². The van der Waals surface area contributed by atoms with Crippen molar-refractivity contribution < 1.29 is 13.9 Å². The van der Waals surface area contributed by atoms with Crippen molar-refractivity contribution in [1.82, 2.24) is 10.3 Å². The summed E-state index contributed by atoms with van der Waals surface area (Å²) in [5, 5.41) is 3.92. The summed E-state index contributed by atoms with van der Waals surface area (Å²) in [6.07, 6.45) is 7.20. The molecule has 2 aliphatic rings. The van der Waals surface area contributed by atoms with Gasteiger partial charge in [-0.05, 0) is 56.7 Å². The Balaban J connectivity index is 1.29. The minimum Gasteiger partial charge on any atom is -0.423 e. The van der Waals surface area contributed by atoms with Crippen LogP contribution in [0.25, 0.3) is 11.1 Å². The number of piperidine rings is 1. The third-order valence-corrected chi connectivity index (χ3v) is 6.32. The van der Waals surface area contributed by atoms with E-state index in [4.69, 9.17) is 20.8 Å². The molecule has 2 aromatic rings. The monoisotopic (exact) mass is 419 g/mol. The number of anilines is 1. The number of halogens is 1. The molecule has 2 fully saturated rings. The van der Waals surface area contributed by atoms with Crippen molar-refractivity contribution in [2.24, 2.45) is 5.92 Å². The van der Waals surface area contributed by atoms with Gasteiger partial charge in [0, 0.05) is 30.6 Å². The molecular formula is C22H30ClN3O3. The Bertz CT molecular complexity index is 832. The Kier molecular flexibility index (Phi) is 6.60. The lowest BCUT2D eigenvalue weighted by molar-refractivity contribution is -0.127. The predicted octanol–water partition coefficient (Wildman–Crippen LogP) is 4.55. The minimum atomic E-state index is 0.0435. The van der Waals surface area contributed by atoms with Crippen LogP contribution >= 0.6 is 11.6 Å². The zero-order chi connectivity index (χ0) is 20.2. The number of nitrogens with one attached hydrogen (secondary N) is 1. The summed E-state index contributed by atoms with van der Waals surface area (Å²) >= 11 is 6.03. The maximum absolute atomic E-state index is 12.8. The van der Waals surface area contributed by atoms with Crippen molar-refractivity contribution in [1.29, 1.82) is 0 Å². The highest BCUT2D eigenvalue weighted by Gasteiger charge is 2.33. The fourth-order valence-corrected chi connectivity index (χ4v) is 4.49. The van der Waals surface area contributed by atoms with E-state index < -0.39 is 0 Å². The van der Waals surface area contributed by atoms with Crippen LogP contribution in [0.5, 0.6) is 0 Å². The molecule has 0 radical (unpaired) electrons. The van der Waals surface area contributed by atoms with Crippen molar-refractivity contribution in [3.05, 3.63) is 23.2 Å². The van der Waals surface area contributed by atoms with Crippen LogP contribution in [-0.4, -0.2) is 42.7 Å². The van der Waals surface area contributed by atoms with E-state index in [-0.39, 0.29) is 24.0 Å². The van der Waals surface area contributed by atoms with E-state index >= 15 is 0 Å². The molecule has 2 heterocycles. The average molecular weight is 420 g/mol. The first-order valence-electron chi connectivity index (χ1n) is 10.9. The fraction of sp³-hybridized carbons (Fsp3) is 0.636. The third kappa shape index (κ3) is 4.86. The first kappa shape index (κ1) is 20.5. The number of hydrogen-bond donors (Lipinski definition) is 1. The van der Waals surface area contributed by atoms with E-state index in [1.807, 2.05) is 12.1 Å². The zero-order valence-corrected chi connectivity index (χ0v) is 17.8. The molecule has 158 valence electrons. The van der Waals surface area contributed by atoms with Gasteiger partial charge in [0.15, 0.2) is 5.58 Å². The van der Waals surface area contributed by atoms with E-state index in [1.165, 1.54) is 0 Å². The Labute approximate surface area is 176 Å². The lowest BCUT2D eigenvalue weighted by Gasteiger charge is -2.31. The van der Waals surface area contributed by atoms with Gasteiger partial charge >= 0.3 is 0 Å². The Morgan fingerprint density at radius 2 is 2.14 bits per heavy atom. The van der Waals surface area contributed by atoms with Gasteiger partial charge in [0.05, 0.1) is 12.1 Å². The summed E-state index contributed by atoms with van der Waals surface area (Å²) in [6, 6.07) is 6.23. The summed E-state index contributed by atoms with van der Waals surface area (Å²) in [5.41, 5.74) is 1.50. The molecule has 0 spiro atoms. The van der Waals surface area contributed by atoms with Crippen molar-refractivity contribution >= 4 is 34.6 Å². The van der Waals surface area contributed by atoms with E-state index in [0.717, 1.165) is 75.7 Å². The number of ether oxygens (including phenoxy) is 1. The second-order valence-electron chi connectivity index (χ2n) is 8.18. The molecular weight excluding hydrogens is 390 g/mol. The summed E-state index contributed by atoms with van der Waals surface area (Å²) in [4.78, 5) is 19.5. The molecule has 1 N–H and O–H groups in total. The van der Waals surface area contributed by atoms with Crippen LogP contribution in [0.2, 0.25) is 5.02 Å². The topological polar surface area (TPSA) is 67.6 Å². The van der Waals surface area contributed by atoms with E-state index in [0.29, 0.717) is 11.0 Å². The van der Waals surface area contributed by atoms with Gasteiger partial charge in [-0.2, -0.15) is 4.98 Å². The second-order valence-corrected chi connectivity index (χ2v) is 8.62.